The van der Waals surface area contributed by atoms with Crippen LogP contribution in [0.5, 0.6) is 5.75 Å². The predicted octanol–water partition coefficient (Wildman–Crippen LogP) is 2.01. The molecule has 0 radical (unpaired) electrons. The Labute approximate surface area is 118 Å². The van der Waals surface area contributed by atoms with Gasteiger partial charge in [0.15, 0.2) is 11.6 Å². The fourth-order valence-electron chi connectivity index (χ4n) is 2.52. The van der Waals surface area contributed by atoms with Crippen molar-refractivity contribution < 1.29 is 13.9 Å². The Balaban J connectivity index is 2.02. The molecule has 5 heteroatoms. The zero-order valence-corrected chi connectivity index (χ0v) is 12.1. The number of amides is 1. The third-order valence-corrected chi connectivity index (χ3v) is 3.85. The lowest BCUT2D eigenvalue weighted by Gasteiger charge is -2.20. The molecule has 1 fully saturated rings. The Morgan fingerprint density at radius 3 is 2.85 bits per heavy atom. The van der Waals surface area contributed by atoms with Crippen molar-refractivity contribution in [2.45, 2.75) is 32.4 Å². The van der Waals surface area contributed by atoms with E-state index in [0.29, 0.717) is 5.92 Å². The maximum Gasteiger partial charge on any atom is 0.237 e. The van der Waals surface area contributed by atoms with Crippen LogP contribution in [0.4, 0.5) is 4.39 Å². The summed E-state index contributed by atoms with van der Waals surface area (Å²) in [6.07, 6.45) is 1.00. The fraction of sp³-hybridized carbons (Fsp3) is 0.533. The van der Waals surface area contributed by atoms with Gasteiger partial charge in [0, 0.05) is 0 Å². The van der Waals surface area contributed by atoms with Gasteiger partial charge in [0.05, 0.1) is 19.2 Å². The van der Waals surface area contributed by atoms with E-state index in [1.807, 2.05) is 6.92 Å². The summed E-state index contributed by atoms with van der Waals surface area (Å²) in [7, 11) is 1.43. The topological polar surface area (TPSA) is 50.4 Å². The van der Waals surface area contributed by atoms with E-state index in [0.717, 1.165) is 18.5 Å². The smallest absolute Gasteiger partial charge is 0.237 e. The second kappa shape index (κ2) is 6.22. The molecule has 2 rings (SSSR count). The molecule has 1 amide bonds. The van der Waals surface area contributed by atoms with E-state index in [1.54, 1.807) is 12.1 Å². The van der Waals surface area contributed by atoms with E-state index in [9.17, 15) is 9.18 Å². The van der Waals surface area contributed by atoms with Gasteiger partial charge in [-0.25, -0.2) is 4.39 Å². The molecule has 1 saturated heterocycles. The van der Waals surface area contributed by atoms with Gasteiger partial charge in [-0.15, -0.1) is 0 Å². The van der Waals surface area contributed by atoms with Crippen molar-refractivity contribution in [2.75, 3.05) is 13.7 Å². The van der Waals surface area contributed by atoms with Crippen LogP contribution in [0.1, 0.15) is 31.9 Å². The molecule has 110 valence electrons. The summed E-state index contributed by atoms with van der Waals surface area (Å²) in [4.78, 5) is 12.2. The van der Waals surface area contributed by atoms with Gasteiger partial charge in [0.2, 0.25) is 5.91 Å². The molecule has 1 aliphatic heterocycles. The number of rotatable bonds is 4. The van der Waals surface area contributed by atoms with Gasteiger partial charge in [0.1, 0.15) is 0 Å². The molecule has 2 N–H and O–H groups in total. The van der Waals surface area contributed by atoms with Crippen molar-refractivity contribution in [1.29, 1.82) is 0 Å². The Hall–Kier alpha value is -1.62. The number of carbonyl (C=O) groups is 1. The van der Waals surface area contributed by atoms with E-state index in [-0.39, 0.29) is 23.7 Å². The molecule has 20 heavy (non-hydrogen) atoms. The maximum atomic E-state index is 13.7. The summed E-state index contributed by atoms with van der Waals surface area (Å²) in [6.45, 7) is 4.77. The summed E-state index contributed by atoms with van der Waals surface area (Å²) in [5, 5.41) is 6.11. The maximum absolute atomic E-state index is 13.7. The molecule has 0 saturated carbocycles. The number of benzene rings is 1. The third kappa shape index (κ3) is 3.10. The second-order valence-electron chi connectivity index (χ2n) is 5.32. The van der Waals surface area contributed by atoms with E-state index < -0.39 is 5.82 Å². The van der Waals surface area contributed by atoms with Crippen LogP contribution in [0.3, 0.4) is 0 Å². The third-order valence-electron chi connectivity index (χ3n) is 3.85. The van der Waals surface area contributed by atoms with Crippen LogP contribution in [0.25, 0.3) is 0 Å². The molecule has 0 bridgehead atoms. The highest BCUT2D eigenvalue weighted by atomic mass is 19.1. The number of carbonyl (C=O) groups excluding carboxylic acids is 1. The molecule has 3 unspecified atom stereocenters. The Morgan fingerprint density at radius 1 is 1.55 bits per heavy atom. The van der Waals surface area contributed by atoms with Crippen LogP contribution in [0.2, 0.25) is 0 Å². The normalized spacial score (nSPS) is 23.4. The van der Waals surface area contributed by atoms with Crippen LogP contribution in [-0.4, -0.2) is 25.6 Å². The first-order chi connectivity index (χ1) is 9.52. The van der Waals surface area contributed by atoms with Crippen molar-refractivity contribution in [3.63, 3.8) is 0 Å². The molecule has 0 aromatic heterocycles. The first-order valence-corrected chi connectivity index (χ1v) is 6.90. The minimum Gasteiger partial charge on any atom is -0.494 e. The van der Waals surface area contributed by atoms with Gasteiger partial charge in [-0.2, -0.15) is 0 Å². The van der Waals surface area contributed by atoms with Crippen LogP contribution in [0.15, 0.2) is 18.2 Å². The highest BCUT2D eigenvalue weighted by Gasteiger charge is 2.30. The average Bonchev–Trinajstić information content (AvgIpc) is 2.84. The molecule has 0 aliphatic carbocycles. The standard InChI is InChI=1S/C15H21FN2O2/c1-9-6-7-17-14(9)15(19)18-10(2)11-4-5-13(20-3)12(16)8-11/h4-5,8-10,14,17H,6-7H2,1-3H3,(H,18,19). The van der Waals surface area contributed by atoms with E-state index in [1.165, 1.54) is 13.2 Å². The fourth-order valence-corrected chi connectivity index (χ4v) is 2.52. The molecule has 1 aromatic carbocycles. The summed E-state index contributed by atoms with van der Waals surface area (Å²) in [5.41, 5.74) is 0.724. The summed E-state index contributed by atoms with van der Waals surface area (Å²) < 4.78 is 18.5. The summed E-state index contributed by atoms with van der Waals surface area (Å²) in [6, 6.07) is 4.34. The van der Waals surface area contributed by atoms with Gasteiger partial charge < -0.3 is 15.4 Å². The lowest BCUT2D eigenvalue weighted by Crippen LogP contribution is -2.44. The zero-order valence-electron chi connectivity index (χ0n) is 12.1. The van der Waals surface area contributed by atoms with Gasteiger partial charge in [-0.1, -0.05) is 13.0 Å². The number of ether oxygens (including phenoxy) is 1. The van der Waals surface area contributed by atoms with Crippen LogP contribution < -0.4 is 15.4 Å². The first-order valence-electron chi connectivity index (χ1n) is 6.90. The molecule has 1 aliphatic rings. The van der Waals surface area contributed by atoms with Gasteiger partial charge in [-0.3, -0.25) is 4.79 Å². The van der Waals surface area contributed by atoms with Gasteiger partial charge in [-0.05, 0) is 43.5 Å². The molecular weight excluding hydrogens is 259 g/mol. The monoisotopic (exact) mass is 280 g/mol. The van der Waals surface area contributed by atoms with Gasteiger partial charge >= 0.3 is 0 Å². The minimum atomic E-state index is -0.418. The largest absolute Gasteiger partial charge is 0.494 e. The lowest BCUT2D eigenvalue weighted by atomic mass is 10.0. The minimum absolute atomic E-state index is 0.0290. The quantitative estimate of drug-likeness (QED) is 0.887. The summed E-state index contributed by atoms with van der Waals surface area (Å²) >= 11 is 0. The summed E-state index contributed by atoms with van der Waals surface area (Å²) in [5.74, 6) is 0.0883. The van der Waals surface area contributed by atoms with Crippen LogP contribution >= 0.6 is 0 Å². The lowest BCUT2D eigenvalue weighted by molar-refractivity contribution is -0.124. The number of halogens is 1. The van der Waals surface area contributed by atoms with E-state index >= 15 is 0 Å². The zero-order chi connectivity index (χ0) is 14.7. The number of methoxy groups -OCH3 is 1. The number of nitrogens with one attached hydrogen (secondary N) is 2. The first kappa shape index (κ1) is 14.8. The Bertz CT molecular complexity index is 493. The predicted molar refractivity (Wildman–Crippen MR) is 75.1 cm³/mol. The number of hydrogen-bond donors (Lipinski definition) is 2. The van der Waals surface area contributed by atoms with Crippen molar-refractivity contribution >= 4 is 5.91 Å². The molecular formula is C15H21FN2O2. The second-order valence-corrected chi connectivity index (χ2v) is 5.32. The van der Waals surface area contributed by atoms with Crippen molar-refractivity contribution in [3.8, 4) is 5.75 Å². The number of hydrogen-bond acceptors (Lipinski definition) is 3. The van der Waals surface area contributed by atoms with E-state index in [2.05, 4.69) is 17.6 Å². The Morgan fingerprint density at radius 2 is 2.30 bits per heavy atom. The molecule has 0 spiro atoms. The van der Waals surface area contributed by atoms with Crippen molar-refractivity contribution in [3.05, 3.63) is 29.6 Å². The van der Waals surface area contributed by atoms with Gasteiger partial charge in [0.25, 0.3) is 0 Å². The van der Waals surface area contributed by atoms with E-state index in [4.69, 9.17) is 4.74 Å². The van der Waals surface area contributed by atoms with Crippen molar-refractivity contribution in [1.82, 2.24) is 10.6 Å². The highest BCUT2D eigenvalue weighted by molar-refractivity contribution is 5.82. The average molecular weight is 280 g/mol. The van der Waals surface area contributed by atoms with Crippen LogP contribution in [-0.2, 0) is 4.79 Å². The molecule has 1 aromatic rings. The molecule has 4 nitrogen and oxygen atoms in total. The molecule has 3 atom stereocenters. The molecule has 1 heterocycles. The van der Waals surface area contributed by atoms with Crippen molar-refractivity contribution in [2.24, 2.45) is 5.92 Å². The highest BCUT2D eigenvalue weighted by Crippen LogP contribution is 2.22. The van der Waals surface area contributed by atoms with Crippen LogP contribution in [0, 0.1) is 11.7 Å². The SMILES string of the molecule is COc1ccc(C(C)NC(=O)C2NCCC2C)cc1F. The Kier molecular flexibility index (Phi) is 4.60.